The van der Waals surface area contributed by atoms with Crippen molar-refractivity contribution in [2.75, 3.05) is 0 Å². The normalized spacial score (nSPS) is 16.0. The number of nitrogens with one attached hydrogen (secondary N) is 1. The number of carbonyl (C=O) groups is 1. The Labute approximate surface area is 221 Å². The summed E-state index contributed by atoms with van der Waals surface area (Å²) in [5.74, 6) is -0.0685. The van der Waals surface area contributed by atoms with Gasteiger partial charge < -0.3 is 10.8 Å². The number of rotatable bonds is 5. The summed E-state index contributed by atoms with van der Waals surface area (Å²) in [5.41, 5.74) is 4.94. The first-order valence-electron chi connectivity index (χ1n) is 11.5. The number of pyridine rings is 1. The summed E-state index contributed by atoms with van der Waals surface area (Å²) in [6, 6.07) is 18.1. The molecule has 8 heteroatoms. The number of amides is 1. The van der Waals surface area contributed by atoms with Gasteiger partial charge >= 0.3 is 18.9 Å². The third kappa shape index (κ3) is 4.90. The quantitative estimate of drug-likeness (QED) is 0.445. The molecule has 4 aromatic rings. The molecule has 6 nitrogen and oxygen atoms in total. The molecule has 174 valence electrons. The Balaban J connectivity index is 0.00000144. The molecule has 2 aliphatic rings. The number of carbonyl (C=O) groups excluding carboxylic acids is 1. The Kier molecular flexibility index (Phi) is 7.40. The average Bonchev–Trinajstić information content (AvgIpc) is 3.17. The zero-order valence-electron chi connectivity index (χ0n) is 19.7. The Morgan fingerprint density at radius 2 is 1.86 bits per heavy atom. The summed E-state index contributed by atoms with van der Waals surface area (Å²) >= 11 is 6.35. The van der Waals surface area contributed by atoms with E-state index in [1.165, 1.54) is 19.3 Å². The second-order valence-electron chi connectivity index (χ2n) is 9.54. The van der Waals surface area contributed by atoms with Crippen LogP contribution in [0.1, 0.15) is 48.0 Å². The molecular formula is C27H26ClLiN4O2. The molecule has 2 N–H and O–H groups in total. The molecule has 0 bridgehead atoms. The zero-order chi connectivity index (χ0) is 22.4. The summed E-state index contributed by atoms with van der Waals surface area (Å²) in [7, 11) is 0. The van der Waals surface area contributed by atoms with Crippen molar-refractivity contribution >= 4 is 28.4 Å². The molecule has 0 saturated heterocycles. The van der Waals surface area contributed by atoms with E-state index >= 15 is 0 Å². The van der Waals surface area contributed by atoms with Crippen molar-refractivity contribution in [3.8, 4) is 11.3 Å². The Hall–Kier alpha value is -2.62. The van der Waals surface area contributed by atoms with Crippen LogP contribution in [-0.4, -0.2) is 32.2 Å². The van der Waals surface area contributed by atoms with Gasteiger partial charge in [-0.2, -0.15) is 5.10 Å². The van der Waals surface area contributed by atoms with Gasteiger partial charge in [0.05, 0.1) is 29.5 Å². The molecule has 2 saturated carbocycles. The van der Waals surface area contributed by atoms with Gasteiger partial charge in [-0.05, 0) is 54.9 Å². The molecule has 0 radical (unpaired) electrons. The first kappa shape index (κ1) is 25.5. The van der Waals surface area contributed by atoms with Gasteiger partial charge in [0.15, 0.2) is 0 Å². The van der Waals surface area contributed by atoms with Gasteiger partial charge in [-0.1, -0.05) is 54.4 Å². The van der Waals surface area contributed by atoms with E-state index in [0.29, 0.717) is 22.5 Å². The Morgan fingerprint density at radius 3 is 2.51 bits per heavy atom. The number of hydrogen-bond donors (Lipinski definition) is 1. The number of nitrogens with zero attached hydrogens (tertiary/aromatic N) is 3. The molecule has 2 aliphatic carbocycles. The van der Waals surface area contributed by atoms with Crippen molar-refractivity contribution in [3.05, 3.63) is 83.1 Å². The molecule has 35 heavy (non-hydrogen) atoms. The summed E-state index contributed by atoms with van der Waals surface area (Å²) in [6.45, 7) is 0.528. The van der Waals surface area contributed by atoms with Crippen LogP contribution in [0.5, 0.6) is 0 Å². The van der Waals surface area contributed by atoms with Gasteiger partial charge in [0, 0.05) is 28.2 Å². The van der Waals surface area contributed by atoms with Crippen LogP contribution >= 0.6 is 11.6 Å². The monoisotopic (exact) mass is 480 g/mol. The van der Waals surface area contributed by atoms with Crippen LogP contribution in [-0.2, 0) is 6.54 Å². The maximum absolute atomic E-state index is 13.2. The van der Waals surface area contributed by atoms with Crippen LogP contribution in [0.15, 0.2) is 67.0 Å². The van der Waals surface area contributed by atoms with Gasteiger partial charge in [-0.25, -0.2) is 0 Å². The van der Waals surface area contributed by atoms with Gasteiger partial charge in [0.1, 0.15) is 0 Å². The second-order valence-corrected chi connectivity index (χ2v) is 9.98. The van der Waals surface area contributed by atoms with Crippen molar-refractivity contribution < 1.29 is 29.1 Å². The molecule has 2 fully saturated rings. The van der Waals surface area contributed by atoms with E-state index in [0.717, 1.165) is 40.6 Å². The summed E-state index contributed by atoms with van der Waals surface area (Å²) in [5, 5.41) is 9.21. The van der Waals surface area contributed by atoms with Crippen molar-refractivity contribution in [2.24, 2.45) is 5.41 Å². The molecule has 2 heterocycles. The van der Waals surface area contributed by atoms with Crippen molar-refractivity contribution in [1.82, 2.24) is 20.1 Å². The maximum Gasteiger partial charge on any atom is 1.00 e. The number of hydrogen-bond acceptors (Lipinski definition) is 4. The van der Waals surface area contributed by atoms with Crippen LogP contribution in [0, 0.1) is 5.41 Å². The molecule has 2 aromatic carbocycles. The van der Waals surface area contributed by atoms with Crippen LogP contribution in [0.4, 0.5) is 0 Å². The molecule has 6 rings (SSSR count). The van der Waals surface area contributed by atoms with E-state index < -0.39 is 0 Å². The number of fused-ring (bicyclic) bond motifs is 1. The molecule has 1 spiro atoms. The number of aromatic nitrogens is 3. The number of benzene rings is 2. The molecule has 1 amide bonds. The van der Waals surface area contributed by atoms with Gasteiger partial charge in [-0.15, -0.1) is 0 Å². The molecule has 0 aliphatic heterocycles. The largest absolute Gasteiger partial charge is 1.00 e. The smallest absolute Gasteiger partial charge is 0.870 e. The Bertz CT molecular complexity index is 1330. The van der Waals surface area contributed by atoms with Crippen LogP contribution in [0.25, 0.3) is 22.2 Å². The van der Waals surface area contributed by atoms with E-state index in [1.54, 1.807) is 12.3 Å². The first-order chi connectivity index (χ1) is 16.1. The average molecular weight is 481 g/mol. The standard InChI is InChI=1S/C27H25ClN4O.Li.H2O/c28-21-11-20-16-30-32(17-18-7-8-24(29-15-18)19-5-2-1-3-6-19)25(20)23(12-21)26(33)31-22-13-27(14-22)9-4-10-27;;/h1-3,5-8,11-12,15-16,22H,4,9-10,13-14,17H2,(H,31,33);;1H2/q;+1;/p-1. The van der Waals surface area contributed by atoms with Gasteiger partial charge in [-0.3, -0.25) is 14.5 Å². The van der Waals surface area contributed by atoms with E-state index in [-0.39, 0.29) is 36.3 Å². The summed E-state index contributed by atoms with van der Waals surface area (Å²) in [4.78, 5) is 17.8. The second kappa shape index (κ2) is 10.2. The van der Waals surface area contributed by atoms with E-state index in [1.807, 2.05) is 53.3 Å². The third-order valence-corrected chi connectivity index (χ3v) is 7.50. The molecule has 2 aromatic heterocycles. The van der Waals surface area contributed by atoms with Crippen molar-refractivity contribution in [3.63, 3.8) is 0 Å². The van der Waals surface area contributed by atoms with Crippen molar-refractivity contribution in [2.45, 2.75) is 44.7 Å². The first-order valence-corrected chi connectivity index (χ1v) is 11.9. The van der Waals surface area contributed by atoms with E-state index in [2.05, 4.69) is 21.5 Å². The maximum atomic E-state index is 13.2. The third-order valence-electron chi connectivity index (χ3n) is 7.28. The zero-order valence-corrected chi connectivity index (χ0v) is 20.5. The number of halogens is 1. The fourth-order valence-corrected chi connectivity index (χ4v) is 5.62. The van der Waals surface area contributed by atoms with Crippen molar-refractivity contribution in [1.29, 1.82) is 0 Å². The SMILES string of the molecule is O=C(NC1CC2(CCC2)C1)c1cc(Cl)cc2cnn(Cc3ccc(-c4ccccc4)nc3)c12.[Li+].[OH-]. The van der Waals surface area contributed by atoms with Crippen LogP contribution < -0.4 is 24.2 Å². The Morgan fingerprint density at radius 1 is 1.09 bits per heavy atom. The molecule has 0 unspecified atom stereocenters. The summed E-state index contributed by atoms with van der Waals surface area (Å²) < 4.78 is 1.87. The minimum Gasteiger partial charge on any atom is -0.870 e. The summed E-state index contributed by atoms with van der Waals surface area (Å²) in [6.07, 6.45) is 9.79. The van der Waals surface area contributed by atoms with Crippen LogP contribution in [0.2, 0.25) is 5.02 Å². The molecule has 0 atom stereocenters. The topological polar surface area (TPSA) is 89.8 Å². The minimum absolute atomic E-state index is 0. The predicted octanol–water partition coefficient (Wildman–Crippen LogP) is 2.69. The fraction of sp³-hybridized carbons (Fsp3) is 0.296. The fourth-order valence-electron chi connectivity index (χ4n) is 5.40. The minimum atomic E-state index is -0.0685. The van der Waals surface area contributed by atoms with E-state index in [4.69, 9.17) is 11.6 Å². The van der Waals surface area contributed by atoms with Gasteiger partial charge in [0.2, 0.25) is 0 Å². The molecular weight excluding hydrogens is 455 g/mol. The van der Waals surface area contributed by atoms with E-state index in [9.17, 15) is 4.79 Å². The van der Waals surface area contributed by atoms with Gasteiger partial charge in [0.25, 0.3) is 5.91 Å². The van der Waals surface area contributed by atoms with Crippen LogP contribution in [0.3, 0.4) is 0 Å². The predicted molar refractivity (Wildman–Crippen MR) is 132 cm³/mol.